The van der Waals surface area contributed by atoms with Crippen molar-refractivity contribution in [2.45, 2.75) is 31.2 Å². The Hall–Kier alpha value is -2.47. The predicted molar refractivity (Wildman–Crippen MR) is 102 cm³/mol. The highest BCUT2D eigenvalue weighted by molar-refractivity contribution is 6.31. The number of amides is 1. The molecule has 0 fully saturated rings. The predicted octanol–water partition coefficient (Wildman–Crippen LogP) is 4.24. The first-order chi connectivity index (χ1) is 12.6. The molecule has 4 nitrogen and oxygen atoms in total. The molecule has 2 aromatic rings. The summed E-state index contributed by atoms with van der Waals surface area (Å²) < 4.78 is 27.1. The second-order valence-corrected chi connectivity index (χ2v) is 7.35. The van der Waals surface area contributed by atoms with E-state index in [1.165, 1.54) is 36.2 Å². The first-order valence-corrected chi connectivity index (χ1v) is 8.79. The van der Waals surface area contributed by atoms with Gasteiger partial charge in [0.1, 0.15) is 5.54 Å². The minimum absolute atomic E-state index is 0.0791. The standard InChI is InChI=1S/C20H20ClF2N3O/c1-19(14-6-4-5-7-15(14)21)16(17(27)26(3)18(24)25-19)12-8-10-13(11-9-12)20(2,22)23/h4-11,16H,1-3H3,(H2,24,25)/t16-,19-/m1/s1. The number of hydrogen-bond acceptors (Lipinski definition) is 3. The van der Waals surface area contributed by atoms with E-state index in [4.69, 9.17) is 17.3 Å². The van der Waals surface area contributed by atoms with Crippen LogP contribution in [-0.4, -0.2) is 23.8 Å². The van der Waals surface area contributed by atoms with Crippen LogP contribution in [0.4, 0.5) is 8.78 Å². The molecule has 3 rings (SSSR count). The maximum Gasteiger partial charge on any atom is 0.270 e. The fourth-order valence-electron chi connectivity index (χ4n) is 3.45. The average molecular weight is 392 g/mol. The maximum atomic E-state index is 13.6. The Labute approximate surface area is 161 Å². The summed E-state index contributed by atoms with van der Waals surface area (Å²) in [5.41, 5.74) is 5.99. The zero-order chi connectivity index (χ0) is 20.0. The van der Waals surface area contributed by atoms with Crippen molar-refractivity contribution in [2.75, 3.05) is 7.05 Å². The van der Waals surface area contributed by atoms with Crippen molar-refractivity contribution in [1.82, 2.24) is 4.90 Å². The molecule has 2 N–H and O–H groups in total. The Morgan fingerprint density at radius 2 is 1.78 bits per heavy atom. The highest BCUT2D eigenvalue weighted by Crippen LogP contribution is 2.46. The molecular weight excluding hydrogens is 372 g/mol. The van der Waals surface area contributed by atoms with Crippen molar-refractivity contribution in [2.24, 2.45) is 10.7 Å². The van der Waals surface area contributed by atoms with E-state index in [0.29, 0.717) is 16.1 Å². The zero-order valence-corrected chi connectivity index (χ0v) is 16.0. The van der Waals surface area contributed by atoms with Crippen LogP contribution < -0.4 is 5.73 Å². The van der Waals surface area contributed by atoms with Crippen molar-refractivity contribution >= 4 is 23.5 Å². The van der Waals surface area contributed by atoms with E-state index in [9.17, 15) is 13.6 Å². The van der Waals surface area contributed by atoms with Crippen molar-refractivity contribution in [3.8, 4) is 0 Å². The molecule has 0 saturated heterocycles. The van der Waals surface area contributed by atoms with Gasteiger partial charge in [0.2, 0.25) is 5.91 Å². The maximum absolute atomic E-state index is 13.6. The van der Waals surface area contributed by atoms with Gasteiger partial charge in [0.25, 0.3) is 5.92 Å². The number of rotatable bonds is 3. The van der Waals surface area contributed by atoms with Gasteiger partial charge in [-0.3, -0.25) is 9.69 Å². The van der Waals surface area contributed by atoms with Crippen LogP contribution in [0.5, 0.6) is 0 Å². The molecule has 2 atom stereocenters. The van der Waals surface area contributed by atoms with Gasteiger partial charge >= 0.3 is 0 Å². The lowest BCUT2D eigenvalue weighted by Gasteiger charge is -2.41. The molecule has 7 heteroatoms. The van der Waals surface area contributed by atoms with Gasteiger partial charge in [-0.25, -0.2) is 13.8 Å². The number of hydrogen-bond donors (Lipinski definition) is 1. The molecule has 142 valence electrons. The lowest BCUT2D eigenvalue weighted by Crippen LogP contribution is -2.52. The Bertz CT molecular complexity index is 908. The fourth-order valence-corrected chi connectivity index (χ4v) is 3.77. The summed E-state index contributed by atoms with van der Waals surface area (Å²) in [7, 11) is 1.54. The van der Waals surface area contributed by atoms with Crippen LogP contribution in [0.15, 0.2) is 53.5 Å². The molecule has 0 aliphatic carbocycles. The number of aliphatic imine (C=N–C) groups is 1. The van der Waals surface area contributed by atoms with Gasteiger partial charge in [-0.15, -0.1) is 0 Å². The van der Waals surface area contributed by atoms with Gasteiger partial charge in [0, 0.05) is 24.6 Å². The molecule has 1 amide bonds. The summed E-state index contributed by atoms with van der Waals surface area (Å²) in [4.78, 5) is 18.9. The molecule has 0 saturated carbocycles. The minimum Gasteiger partial charge on any atom is -0.369 e. The summed E-state index contributed by atoms with van der Waals surface area (Å²) >= 11 is 6.38. The molecule has 0 radical (unpaired) electrons. The SMILES string of the molecule is CN1C(=O)[C@@H](c2ccc(C(C)(F)F)cc2)[C@@](C)(c2ccccc2Cl)N=C1N. The molecular formula is C20H20ClF2N3O. The van der Waals surface area contributed by atoms with E-state index in [1.807, 2.05) is 0 Å². The topological polar surface area (TPSA) is 58.7 Å². The lowest BCUT2D eigenvalue weighted by atomic mass is 9.74. The van der Waals surface area contributed by atoms with Crippen LogP contribution >= 0.6 is 11.6 Å². The van der Waals surface area contributed by atoms with Crippen LogP contribution in [0, 0.1) is 0 Å². The van der Waals surface area contributed by atoms with Gasteiger partial charge in [0.05, 0.1) is 5.92 Å². The number of guanidine groups is 1. The Balaban J connectivity index is 2.18. The smallest absolute Gasteiger partial charge is 0.270 e. The number of nitrogens with zero attached hydrogens (tertiary/aromatic N) is 2. The summed E-state index contributed by atoms with van der Waals surface area (Å²) in [6.45, 7) is 2.61. The van der Waals surface area contributed by atoms with Crippen LogP contribution in [-0.2, 0) is 16.3 Å². The van der Waals surface area contributed by atoms with E-state index >= 15 is 0 Å². The molecule has 0 spiro atoms. The third-order valence-electron chi connectivity index (χ3n) is 5.00. The van der Waals surface area contributed by atoms with E-state index in [0.717, 1.165) is 6.92 Å². The Kier molecular flexibility index (Phi) is 4.72. The summed E-state index contributed by atoms with van der Waals surface area (Å²) in [6.07, 6.45) is 0. The average Bonchev–Trinajstić information content (AvgIpc) is 2.60. The molecule has 1 aliphatic heterocycles. The van der Waals surface area contributed by atoms with Gasteiger partial charge in [-0.2, -0.15) is 0 Å². The second kappa shape index (κ2) is 6.60. The van der Waals surface area contributed by atoms with Gasteiger partial charge in [-0.05, 0) is 24.1 Å². The highest BCUT2D eigenvalue weighted by Gasteiger charge is 2.48. The van der Waals surface area contributed by atoms with Crippen LogP contribution in [0.1, 0.15) is 36.5 Å². The van der Waals surface area contributed by atoms with Crippen molar-refractivity contribution in [3.63, 3.8) is 0 Å². The number of carbonyl (C=O) groups is 1. The largest absolute Gasteiger partial charge is 0.369 e. The normalized spacial score (nSPS) is 23.3. The number of benzene rings is 2. The molecule has 1 heterocycles. The lowest BCUT2D eigenvalue weighted by molar-refractivity contribution is -0.130. The van der Waals surface area contributed by atoms with Gasteiger partial charge in [-0.1, -0.05) is 54.1 Å². The molecule has 0 aromatic heterocycles. The van der Waals surface area contributed by atoms with Crippen LogP contribution in [0.25, 0.3) is 0 Å². The van der Waals surface area contributed by atoms with Crippen LogP contribution in [0.2, 0.25) is 5.02 Å². The fraction of sp³-hybridized carbons (Fsp3) is 0.300. The van der Waals surface area contributed by atoms with E-state index in [2.05, 4.69) is 4.99 Å². The number of halogens is 3. The Morgan fingerprint density at radius 1 is 1.19 bits per heavy atom. The third-order valence-corrected chi connectivity index (χ3v) is 5.33. The molecule has 1 aliphatic rings. The third kappa shape index (κ3) is 3.30. The molecule has 27 heavy (non-hydrogen) atoms. The first kappa shape index (κ1) is 19.3. The van der Waals surface area contributed by atoms with E-state index in [1.54, 1.807) is 31.2 Å². The van der Waals surface area contributed by atoms with Gasteiger partial charge in [0.15, 0.2) is 5.96 Å². The second-order valence-electron chi connectivity index (χ2n) is 6.94. The van der Waals surface area contributed by atoms with Crippen molar-refractivity contribution in [3.05, 3.63) is 70.2 Å². The minimum atomic E-state index is -2.96. The van der Waals surface area contributed by atoms with Crippen molar-refractivity contribution in [1.29, 1.82) is 0 Å². The zero-order valence-electron chi connectivity index (χ0n) is 15.2. The first-order valence-electron chi connectivity index (χ1n) is 8.42. The van der Waals surface area contributed by atoms with Gasteiger partial charge < -0.3 is 5.73 Å². The number of alkyl halides is 2. The number of carbonyl (C=O) groups excluding carboxylic acids is 1. The summed E-state index contributed by atoms with van der Waals surface area (Å²) in [5.74, 6) is -3.91. The summed E-state index contributed by atoms with van der Waals surface area (Å²) in [6, 6.07) is 12.8. The van der Waals surface area contributed by atoms with E-state index < -0.39 is 17.4 Å². The summed E-state index contributed by atoms with van der Waals surface area (Å²) in [5, 5.41) is 0.454. The molecule has 0 bridgehead atoms. The quantitative estimate of drug-likeness (QED) is 0.850. The highest BCUT2D eigenvalue weighted by atomic mass is 35.5. The van der Waals surface area contributed by atoms with Crippen LogP contribution in [0.3, 0.4) is 0 Å². The Morgan fingerprint density at radius 3 is 2.33 bits per heavy atom. The van der Waals surface area contributed by atoms with E-state index in [-0.39, 0.29) is 17.4 Å². The molecule has 2 aromatic carbocycles. The molecule has 0 unspecified atom stereocenters. The number of nitrogens with two attached hydrogens (primary N) is 1. The number of likely N-dealkylation sites (N-methyl/N-ethyl adjacent to an activating group) is 1. The van der Waals surface area contributed by atoms with Crippen molar-refractivity contribution < 1.29 is 13.6 Å². The monoisotopic (exact) mass is 391 g/mol.